The molecule has 0 fully saturated rings. The van der Waals surface area contributed by atoms with E-state index in [9.17, 15) is 14.0 Å². The van der Waals surface area contributed by atoms with Crippen LogP contribution in [-0.2, 0) is 24.2 Å². The third-order valence-corrected chi connectivity index (χ3v) is 6.36. The summed E-state index contributed by atoms with van der Waals surface area (Å²) in [6.07, 6.45) is 0.962. The third-order valence-electron chi connectivity index (χ3n) is 6.36. The number of nitrogens with one attached hydrogen (secondary N) is 1. The van der Waals surface area contributed by atoms with Gasteiger partial charge >= 0.3 is 0 Å². The summed E-state index contributed by atoms with van der Waals surface area (Å²) < 4.78 is 19.0. The summed E-state index contributed by atoms with van der Waals surface area (Å²) in [6.45, 7) is 2.65. The first-order valence-corrected chi connectivity index (χ1v) is 12.5. The average Bonchev–Trinajstić information content (AvgIpc) is 2.93. The number of rotatable bonds is 10. The molecule has 0 aliphatic heterocycles. The quantitative estimate of drug-likeness (QED) is 0.289. The van der Waals surface area contributed by atoms with E-state index >= 15 is 0 Å². The van der Waals surface area contributed by atoms with Crippen molar-refractivity contribution >= 4 is 17.5 Å². The molecule has 0 bridgehead atoms. The number of benzene rings is 4. The van der Waals surface area contributed by atoms with E-state index in [4.69, 9.17) is 4.74 Å². The highest BCUT2D eigenvalue weighted by Gasteiger charge is 2.20. The van der Waals surface area contributed by atoms with Gasteiger partial charge in [0.15, 0.2) is 0 Å². The second-order valence-corrected chi connectivity index (χ2v) is 9.13. The van der Waals surface area contributed by atoms with Gasteiger partial charge in [-0.05, 0) is 78.1 Å². The lowest BCUT2D eigenvalue weighted by Gasteiger charge is -2.24. The van der Waals surface area contributed by atoms with Crippen molar-refractivity contribution in [3.63, 3.8) is 0 Å². The van der Waals surface area contributed by atoms with E-state index in [1.807, 2.05) is 73.7 Å². The molecule has 4 aromatic carbocycles. The van der Waals surface area contributed by atoms with Crippen molar-refractivity contribution in [1.29, 1.82) is 0 Å². The van der Waals surface area contributed by atoms with Crippen LogP contribution in [0.3, 0.4) is 0 Å². The van der Waals surface area contributed by atoms with Crippen LogP contribution >= 0.6 is 0 Å². The number of aryl methyl sites for hydroxylation is 1. The van der Waals surface area contributed by atoms with Crippen LogP contribution in [0, 0.1) is 12.7 Å². The smallest absolute Gasteiger partial charge is 0.258 e. The van der Waals surface area contributed by atoms with Crippen LogP contribution in [0.15, 0.2) is 97.1 Å². The molecule has 0 radical (unpaired) electrons. The molecule has 0 spiro atoms. The number of nitrogens with zero attached hydrogens (tertiary/aromatic N) is 1. The maximum atomic E-state index is 13.9. The molecule has 0 saturated heterocycles. The summed E-state index contributed by atoms with van der Waals surface area (Å²) in [5, 5.41) is 2.96. The summed E-state index contributed by atoms with van der Waals surface area (Å²) in [4.78, 5) is 27.7. The number of halogens is 1. The molecule has 0 aliphatic rings. The lowest BCUT2D eigenvalue weighted by molar-refractivity contribution is -0.120. The first kappa shape index (κ1) is 26.6. The number of ether oxygens (including phenoxy) is 1. The molecule has 5 nitrogen and oxygen atoms in total. The molecule has 0 heterocycles. The Bertz CT molecular complexity index is 1380. The number of amides is 2. The summed E-state index contributed by atoms with van der Waals surface area (Å²) in [6, 6.07) is 28.8. The highest BCUT2D eigenvalue weighted by molar-refractivity contribution is 6.07. The van der Waals surface area contributed by atoms with Crippen molar-refractivity contribution in [2.24, 2.45) is 0 Å². The number of carbonyl (C=O) groups is 2. The van der Waals surface area contributed by atoms with Crippen LogP contribution in [0.5, 0.6) is 5.75 Å². The van der Waals surface area contributed by atoms with Crippen LogP contribution in [0.1, 0.15) is 32.6 Å². The van der Waals surface area contributed by atoms with E-state index in [2.05, 4.69) is 5.32 Å². The first-order valence-electron chi connectivity index (χ1n) is 12.5. The number of carbonyl (C=O) groups excluding carboxylic acids is 2. The molecule has 2 amide bonds. The van der Waals surface area contributed by atoms with Crippen molar-refractivity contribution < 1.29 is 18.7 Å². The summed E-state index contributed by atoms with van der Waals surface area (Å²) in [5.74, 6) is 0.214. The van der Waals surface area contributed by atoms with E-state index in [1.165, 1.54) is 12.1 Å². The van der Waals surface area contributed by atoms with Gasteiger partial charge in [-0.3, -0.25) is 9.59 Å². The maximum Gasteiger partial charge on any atom is 0.258 e. The molecule has 0 unspecified atom stereocenters. The molecule has 4 aromatic rings. The molecular formula is C32H31FN2O3. The molecule has 194 valence electrons. The predicted molar refractivity (Wildman–Crippen MR) is 148 cm³/mol. The monoisotopic (exact) mass is 510 g/mol. The van der Waals surface area contributed by atoms with Crippen LogP contribution in [-0.4, -0.2) is 25.5 Å². The normalized spacial score (nSPS) is 10.6. The minimum absolute atomic E-state index is 0.0705. The van der Waals surface area contributed by atoms with Crippen molar-refractivity contribution in [3.8, 4) is 5.75 Å². The molecule has 4 rings (SSSR count). The van der Waals surface area contributed by atoms with E-state index in [1.54, 1.807) is 30.2 Å². The Morgan fingerprint density at radius 3 is 2.24 bits per heavy atom. The fourth-order valence-electron chi connectivity index (χ4n) is 4.24. The Morgan fingerprint density at radius 2 is 1.55 bits per heavy atom. The SMILES string of the molecule is COc1ccc(CCNC(=O)Cc2ccc(N(Cc3cccc(F)c3)C(=O)c3ccccc3C)cc2)cc1. The molecule has 38 heavy (non-hydrogen) atoms. The summed E-state index contributed by atoms with van der Waals surface area (Å²) in [5.41, 5.74) is 4.77. The van der Waals surface area contributed by atoms with E-state index in [0.29, 0.717) is 23.4 Å². The van der Waals surface area contributed by atoms with Gasteiger partial charge in [-0.15, -0.1) is 0 Å². The Balaban J connectivity index is 1.42. The zero-order valence-electron chi connectivity index (χ0n) is 21.6. The molecule has 0 atom stereocenters. The molecular weight excluding hydrogens is 479 g/mol. The van der Waals surface area contributed by atoms with Gasteiger partial charge in [-0.25, -0.2) is 4.39 Å². The van der Waals surface area contributed by atoms with Crippen molar-refractivity contribution in [2.45, 2.75) is 26.3 Å². The van der Waals surface area contributed by atoms with Crippen LogP contribution in [0.25, 0.3) is 0 Å². The van der Waals surface area contributed by atoms with Crippen LogP contribution in [0.2, 0.25) is 0 Å². The fourth-order valence-corrected chi connectivity index (χ4v) is 4.24. The van der Waals surface area contributed by atoms with Gasteiger partial charge in [0.25, 0.3) is 5.91 Å². The Labute approximate surface area is 222 Å². The van der Waals surface area contributed by atoms with Crippen LogP contribution < -0.4 is 15.0 Å². The second kappa shape index (κ2) is 12.7. The van der Waals surface area contributed by atoms with E-state index in [0.717, 1.165) is 28.9 Å². The fraction of sp³-hybridized carbons (Fsp3) is 0.188. The van der Waals surface area contributed by atoms with Crippen LogP contribution in [0.4, 0.5) is 10.1 Å². The highest BCUT2D eigenvalue weighted by atomic mass is 19.1. The van der Waals surface area contributed by atoms with E-state index < -0.39 is 0 Å². The molecule has 6 heteroatoms. The van der Waals surface area contributed by atoms with E-state index in [-0.39, 0.29) is 30.6 Å². The number of methoxy groups -OCH3 is 1. The zero-order valence-corrected chi connectivity index (χ0v) is 21.6. The summed E-state index contributed by atoms with van der Waals surface area (Å²) in [7, 11) is 1.63. The molecule has 0 aromatic heterocycles. The van der Waals surface area contributed by atoms with Gasteiger partial charge in [-0.1, -0.05) is 54.6 Å². The van der Waals surface area contributed by atoms with Gasteiger partial charge in [0, 0.05) is 17.8 Å². The molecule has 1 N–H and O–H groups in total. The van der Waals surface area contributed by atoms with Crippen molar-refractivity contribution in [3.05, 3.63) is 131 Å². The standard InChI is InChI=1S/C32H31FN2O3/c1-23-6-3-4-9-30(23)32(37)35(22-26-7-5-8-27(33)20-26)28-14-10-25(11-15-28)21-31(36)34-19-18-24-12-16-29(38-2)17-13-24/h3-17,20H,18-19,21-22H2,1-2H3,(H,34,36). The highest BCUT2D eigenvalue weighted by Crippen LogP contribution is 2.23. The molecule has 0 saturated carbocycles. The number of anilines is 1. The minimum Gasteiger partial charge on any atom is -0.497 e. The Hall–Kier alpha value is -4.45. The second-order valence-electron chi connectivity index (χ2n) is 9.13. The first-order chi connectivity index (χ1) is 18.4. The lowest BCUT2D eigenvalue weighted by atomic mass is 10.1. The summed E-state index contributed by atoms with van der Waals surface area (Å²) >= 11 is 0. The predicted octanol–water partition coefficient (Wildman–Crippen LogP) is 5.89. The van der Waals surface area contributed by atoms with Gasteiger partial charge in [0.1, 0.15) is 11.6 Å². The van der Waals surface area contributed by atoms with Crippen molar-refractivity contribution in [1.82, 2.24) is 5.32 Å². The van der Waals surface area contributed by atoms with Gasteiger partial charge < -0.3 is 15.0 Å². The Kier molecular flexibility index (Phi) is 8.88. The van der Waals surface area contributed by atoms with Gasteiger partial charge in [-0.2, -0.15) is 0 Å². The maximum absolute atomic E-state index is 13.9. The number of hydrogen-bond donors (Lipinski definition) is 1. The minimum atomic E-state index is -0.348. The van der Waals surface area contributed by atoms with Gasteiger partial charge in [0.2, 0.25) is 5.91 Å². The average molecular weight is 511 g/mol. The largest absolute Gasteiger partial charge is 0.497 e. The topological polar surface area (TPSA) is 58.6 Å². The molecule has 0 aliphatic carbocycles. The third kappa shape index (κ3) is 7.07. The number of hydrogen-bond acceptors (Lipinski definition) is 3. The zero-order chi connectivity index (χ0) is 26.9. The van der Waals surface area contributed by atoms with Crippen molar-refractivity contribution in [2.75, 3.05) is 18.6 Å². The van der Waals surface area contributed by atoms with Gasteiger partial charge in [0.05, 0.1) is 20.1 Å². The Morgan fingerprint density at radius 1 is 0.842 bits per heavy atom. The lowest BCUT2D eigenvalue weighted by Crippen LogP contribution is -2.31.